The van der Waals surface area contributed by atoms with E-state index in [0.29, 0.717) is 31.2 Å². The Morgan fingerprint density at radius 2 is 2.00 bits per heavy atom. The van der Waals surface area contributed by atoms with Gasteiger partial charge in [0.1, 0.15) is 9.84 Å². The average Bonchev–Trinajstić information content (AvgIpc) is 2.62. The molecule has 26 heavy (non-hydrogen) atoms. The summed E-state index contributed by atoms with van der Waals surface area (Å²) in [5.74, 6) is 0.505. The number of carbonyl (C=O) groups is 1. The smallest absolute Gasteiger partial charge is 0.251 e. The van der Waals surface area contributed by atoms with Crippen molar-refractivity contribution in [2.75, 3.05) is 31.1 Å². The number of amides is 1. The molecule has 1 aromatic rings. The van der Waals surface area contributed by atoms with Crippen LogP contribution >= 0.6 is 0 Å². The molecule has 0 unspecified atom stereocenters. The highest BCUT2D eigenvalue weighted by Crippen LogP contribution is 2.38. The fraction of sp³-hybridized carbons (Fsp3) is 0.667. The number of hydrogen-bond donors (Lipinski definition) is 2. The zero-order chi connectivity index (χ0) is 18.3. The number of hydrogen-bond acceptors (Lipinski definition) is 5. The third kappa shape index (κ3) is 3.32. The van der Waals surface area contributed by atoms with Gasteiger partial charge in [0, 0.05) is 43.2 Å². The lowest BCUT2D eigenvalue weighted by atomic mass is 9.79. The highest BCUT2D eigenvalue weighted by atomic mass is 32.2. The van der Waals surface area contributed by atoms with Crippen LogP contribution in [0.2, 0.25) is 0 Å². The first-order valence-corrected chi connectivity index (χ1v) is 11.2. The minimum atomic E-state index is -2.98. The van der Waals surface area contributed by atoms with Crippen LogP contribution in [-0.4, -0.2) is 50.0 Å². The lowest BCUT2D eigenvalue weighted by Crippen LogP contribution is -2.51. The van der Waals surface area contributed by atoms with E-state index < -0.39 is 9.84 Å². The fourth-order valence-corrected chi connectivity index (χ4v) is 6.16. The standard InChI is InChI=1S/C18H25N3O4S/c22-17-3-1-2-15-13-8-14(10-19-9-13)16(21(15)17)11-20-18(23)12-4-6-26(24,25)7-5-12/h1-3,12-14,16,19H,4-11H2,(H,20,23)/t13-,14+,16+/m1/s1. The molecule has 0 aromatic carbocycles. The van der Waals surface area contributed by atoms with Crippen molar-refractivity contribution in [3.05, 3.63) is 34.2 Å². The summed E-state index contributed by atoms with van der Waals surface area (Å²) in [6, 6.07) is 5.34. The fourth-order valence-electron chi connectivity index (χ4n) is 4.67. The van der Waals surface area contributed by atoms with Gasteiger partial charge in [0.2, 0.25) is 5.91 Å². The molecule has 1 amide bonds. The van der Waals surface area contributed by atoms with Gasteiger partial charge in [-0.05, 0) is 31.2 Å². The van der Waals surface area contributed by atoms with Crippen LogP contribution in [0, 0.1) is 11.8 Å². The SMILES string of the molecule is O=C(NC[C@H]1[C@@H]2CNC[C@@H](C2)c2cccc(=O)n21)C1CCS(=O)(=O)CC1. The molecule has 8 heteroatoms. The van der Waals surface area contributed by atoms with Gasteiger partial charge in [0.15, 0.2) is 0 Å². The van der Waals surface area contributed by atoms with Crippen molar-refractivity contribution in [3.63, 3.8) is 0 Å². The zero-order valence-corrected chi connectivity index (χ0v) is 15.5. The Morgan fingerprint density at radius 3 is 2.77 bits per heavy atom. The summed E-state index contributed by atoms with van der Waals surface area (Å²) in [4.78, 5) is 25.0. The topological polar surface area (TPSA) is 97.3 Å². The molecule has 4 heterocycles. The number of sulfone groups is 1. The maximum absolute atomic E-state index is 12.5. The van der Waals surface area contributed by atoms with Crippen LogP contribution in [0.4, 0.5) is 0 Å². The lowest BCUT2D eigenvalue weighted by molar-refractivity contribution is -0.125. The molecule has 1 aromatic heterocycles. The first kappa shape index (κ1) is 17.7. The van der Waals surface area contributed by atoms with E-state index in [1.54, 1.807) is 12.1 Å². The van der Waals surface area contributed by atoms with Gasteiger partial charge in [-0.25, -0.2) is 8.42 Å². The number of rotatable bonds is 3. The van der Waals surface area contributed by atoms with Gasteiger partial charge in [-0.3, -0.25) is 9.59 Å². The van der Waals surface area contributed by atoms with E-state index in [4.69, 9.17) is 0 Å². The number of fused-ring (bicyclic) bond motifs is 4. The molecule has 3 aliphatic rings. The van der Waals surface area contributed by atoms with Gasteiger partial charge in [-0.1, -0.05) is 6.07 Å². The molecule has 0 spiro atoms. The van der Waals surface area contributed by atoms with E-state index in [1.807, 2.05) is 10.6 Å². The molecule has 3 atom stereocenters. The van der Waals surface area contributed by atoms with Gasteiger partial charge >= 0.3 is 0 Å². The Kier molecular flexibility index (Phi) is 4.64. The van der Waals surface area contributed by atoms with Gasteiger partial charge in [0.05, 0.1) is 17.5 Å². The predicted molar refractivity (Wildman–Crippen MR) is 97.8 cm³/mol. The number of nitrogens with zero attached hydrogens (tertiary/aromatic N) is 1. The van der Waals surface area contributed by atoms with Crippen molar-refractivity contribution in [1.29, 1.82) is 0 Å². The number of carbonyl (C=O) groups excluding carboxylic acids is 1. The van der Waals surface area contributed by atoms with Crippen molar-refractivity contribution in [3.8, 4) is 0 Å². The van der Waals surface area contributed by atoms with Crippen LogP contribution in [0.3, 0.4) is 0 Å². The van der Waals surface area contributed by atoms with Crippen molar-refractivity contribution in [1.82, 2.24) is 15.2 Å². The van der Waals surface area contributed by atoms with Crippen molar-refractivity contribution >= 4 is 15.7 Å². The minimum Gasteiger partial charge on any atom is -0.354 e. The summed E-state index contributed by atoms with van der Waals surface area (Å²) in [6.07, 6.45) is 1.81. The molecule has 142 valence electrons. The van der Waals surface area contributed by atoms with E-state index in [0.717, 1.165) is 25.2 Å². The summed E-state index contributed by atoms with van der Waals surface area (Å²) in [5.41, 5.74) is 1.03. The molecule has 0 radical (unpaired) electrons. The van der Waals surface area contributed by atoms with E-state index in [1.165, 1.54) is 0 Å². The third-order valence-corrected chi connectivity index (χ3v) is 7.83. The monoisotopic (exact) mass is 379 g/mol. The quantitative estimate of drug-likeness (QED) is 0.773. The molecule has 0 aliphatic carbocycles. The molecule has 7 nitrogen and oxygen atoms in total. The van der Waals surface area contributed by atoms with E-state index in [9.17, 15) is 18.0 Å². The Bertz CT molecular complexity index is 849. The second-order valence-corrected chi connectivity index (χ2v) is 10.1. The highest BCUT2D eigenvalue weighted by Gasteiger charge is 2.38. The molecule has 2 N–H and O–H groups in total. The van der Waals surface area contributed by atoms with Gasteiger partial charge < -0.3 is 15.2 Å². The van der Waals surface area contributed by atoms with Gasteiger partial charge in [0.25, 0.3) is 5.56 Å². The van der Waals surface area contributed by atoms with Crippen molar-refractivity contribution in [2.45, 2.75) is 31.2 Å². The van der Waals surface area contributed by atoms with Gasteiger partial charge in [-0.15, -0.1) is 0 Å². The van der Waals surface area contributed by atoms with Crippen molar-refractivity contribution in [2.24, 2.45) is 11.8 Å². The first-order valence-electron chi connectivity index (χ1n) is 9.35. The summed E-state index contributed by atoms with van der Waals surface area (Å²) < 4.78 is 24.9. The zero-order valence-electron chi connectivity index (χ0n) is 14.7. The largest absolute Gasteiger partial charge is 0.354 e. The molecule has 2 saturated heterocycles. The summed E-state index contributed by atoms with van der Waals surface area (Å²) in [5, 5.41) is 6.44. The Balaban J connectivity index is 1.49. The van der Waals surface area contributed by atoms with Crippen LogP contribution in [-0.2, 0) is 14.6 Å². The second-order valence-electron chi connectivity index (χ2n) is 7.75. The molecular formula is C18H25N3O4S. The second kappa shape index (κ2) is 6.81. The van der Waals surface area contributed by atoms with E-state index in [2.05, 4.69) is 10.6 Å². The molecule has 2 fully saturated rings. The Morgan fingerprint density at radius 1 is 1.23 bits per heavy atom. The molecule has 4 rings (SSSR count). The van der Waals surface area contributed by atoms with Crippen LogP contribution in [0.1, 0.15) is 36.9 Å². The maximum atomic E-state index is 12.5. The Labute approximate surface area is 153 Å². The average molecular weight is 379 g/mol. The van der Waals surface area contributed by atoms with Gasteiger partial charge in [-0.2, -0.15) is 0 Å². The molecule has 3 aliphatic heterocycles. The normalized spacial score (nSPS) is 30.4. The summed E-state index contributed by atoms with van der Waals surface area (Å²) in [6.45, 7) is 2.15. The van der Waals surface area contributed by atoms with Crippen LogP contribution in [0.25, 0.3) is 0 Å². The maximum Gasteiger partial charge on any atom is 0.251 e. The molecule has 0 saturated carbocycles. The van der Waals surface area contributed by atoms with E-state index in [-0.39, 0.29) is 34.9 Å². The third-order valence-electron chi connectivity index (χ3n) is 6.11. The number of nitrogens with one attached hydrogen (secondary N) is 2. The summed E-state index contributed by atoms with van der Waals surface area (Å²) in [7, 11) is -2.98. The molecular weight excluding hydrogens is 354 g/mol. The number of aromatic nitrogens is 1. The van der Waals surface area contributed by atoms with Crippen LogP contribution in [0.15, 0.2) is 23.0 Å². The highest BCUT2D eigenvalue weighted by molar-refractivity contribution is 7.91. The molecule has 2 bridgehead atoms. The number of piperidine rings is 1. The van der Waals surface area contributed by atoms with Crippen LogP contribution in [0.5, 0.6) is 0 Å². The lowest BCUT2D eigenvalue weighted by Gasteiger charge is -2.43. The van der Waals surface area contributed by atoms with E-state index >= 15 is 0 Å². The minimum absolute atomic E-state index is 0.0119. The summed E-state index contributed by atoms with van der Waals surface area (Å²) >= 11 is 0. The van der Waals surface area contributed by atoms with Crippen molar-refractivity contribution < 1.29 is 13.2 Å². The Hall–Kier alpha value is -1.67. The number of pyridine rings is 1. The van der Waals surface area contributed by atoms with Crippen LogP contribution < -0.4 is 16.2 Å². The predicted octanol–water partition coefficient (Wildman–Crippen LogP) is 0.0371. The first-order chi connectivity index (χ1) is 12.4.